The third kappa shape index (κ3) is 3.21. The molecule has 0 saturated heterocycles. The summed E-state index contributed by atoms with van der Waals surface area (Å²) in [6.45, 7) is 1.92. The van der Waals surface area contributed by atoms with Crippen LogP contribution < -0.4 is 4.72 Å². The first-order valence-corrected chi connectivity index (χ1v) is 9.14. The van der Waals surface area contributed by atoms with Crippen LogP contribution in [-0.2, 0) is 10.0 Å². The molecule has 112 valence electrons. The highest BCUT2D eigenvalue weighted by atomic mass is 32.2. The summed E-state index contributed by atoms with van der Waals surface area (Å²) >= 11 is 1.65. The fourth-order valence-corrected chi connectivity index (χ4v) is 3.87. The Kier molecular flexibility index (Phi) is 4.00. The number of hydrogen-bond acceptors (Lipinski definition) is 3. The van der Waals surface area contributed by atoms with E-state index >= 15 is 0 Å². The lowest BCUT2D eigenvalue weighted by atomic mass is 10.2. The van der Waals surface area contributed by atoms with Crippen LogP contribution in [0.5, 0.6) is 0 Å². The Bertz CT molecular complexity index is 850. The van der Waals surface area contributed by atoms with Crippen molar-refractivity contribution in [3.05, 3.63) is 71.6 Å². The number of sulfonamides is 1. The van der Waals surface area contributed by atoms with E-state index in [2.05, 4.69) is 4.72 Å². The maximum atomic E-state index is 12.3. The first-order valence-electron chi connectivity index (χ1n) is 6.78. The third-order valence-electron chi connectivity index (χ3n) is 3.27. The van der Waals surface area contributed by atoms with Crippen LogP contribution >= 0.6 is 11.3 Å². The minimum atomic E-state index is -3.54. The Morgan fingerprint density at radius 2 is 1.59 bits per heavy atom. The van der Waals surface area contributed by atoms with Gasteiger partial charge in [-0.25, -0.2) is 8.42 Å². The van der Waals surface area contributed by atoms with Crippen molar-refractivity contribution in [1.82, 2.24) is 0 Å². The Labute approximate surface area is 134 Å². The van der Waals surface area contributed by atoms with Gasteiger partial charge in [-0.3, -0.25) is 4.72 Å². The number of aryl methyl sites for hydroxylation is 1. The maximum Gasteiger partial charge on any atom is 0.261 e. The van der Waals surface area contributed by atoms with E-state index in [4.69, 9.17) is 0 Å². The molecule has 0 aliphatic heterocycles. The number of thiophene rings is 1. The highest BCUT2D eigenvalue weighted by Crippen LogP contribution is 2.26. The van der Waals surface area contributed by atoms with E-state index in [0.717, 1.165) is 16.0 Å². The number of hydrogen-bond donors (Lipinski definition) is 1. The Hall–Kier alpha value is -2.11. The molecule has 0 saturated carbocycles. The van der Waals surface area contributed by atoms with Gasteiger partial charge in [0.2, 0.25) is 0 Å². The molecule has 5 heteroatoms. The zero-order valence-electron chi connectivity index (χ0n) is 12.0. The summed E-state index contributed by atoms with van der Waals surface area (Å²) in [5.41, 5.74) is 2.66. The van der Waals surface area contributed by atoms with Crippen molar-refractivity contribution < 1.29 is 8.42 Å². The van der Waals surface area contributed by atoms with Crippen LogP contribution in [0.2, 0.25) is 0 Å². The van der Waals surface area contributed by atoms with Crippen molar-refractivity contribution in [2.24, 2.45) is 0 Å². The second kappa shape index (κ2) is 5.94. The van der Waals surface area contributed by atoms with Gasteiger partial charge in [0, 0.05) is 10.6 Å². The molecule has 3 rings (SSSR count). The van der Waals surface area contributed by atoms with Gasteiger partial charge in [-0.05, 0) is 48.2 Å². The summed E-state index contributed by atoms with van der Waals surface area (Å²) < 4.78 is 27.2. The summed E-state index contributed by atoms with van der Waals surface area (Å²) in [4.78, 5) is 1.42. The van der Waals surface area contributed by atoms with Crippen LogP contribution in [0.15, 0.2) is 70.9 Å². The molecule has 3 aromatic rings. The first-order chi connectivity index (χ1) is 10.5. The quantitative estimate of drug-likeness (QED) is 0.764. The molecule has 0 bridgehead atoms. The molecular formula is C17H15NO2S2. The molecule has 2 aromatic carbocycles. The van der Waals surface area contributed by atoms with Crippen molar-refractivity contribution in [1.29, 1.82) is 0 Å². The lowest BCUT2D eigenvalue weighted by Crippen LogP contribution is -2.12. The molecule has 0 fully saturated rings. The number of anilines is 1. The van der Waals surface area contributed by atoms with Crippen molar-refractivity contribution in [3.63, 3.8) is 0 Å². The first kappa shape index (κ1) is 14.8. The molecule has 3 nitrogen and oxygen atoms in total. The monoisotopic (exact) mass is 329 g/mol. The average Bonchev–Trinajstić information content (AvgIpc) is 3.02. The van der Waals surface area contributed by atoms with Gasteiger partial charge in [0.05, 0.1) is 4.90 Å². The van der Waals surface area contributed by atoms with E-state index in [-0.39, 0.29) is 4.90 Å². The largest absolute Gasteiger partial charge is 0.280 e. The van der Waals surface area contributed by atoms with Crippen LogP contribution in [0.25, 0.3) is 10.4 Å². The molecule has 22 heavy (non-hydrogen) atoms. The van der Waals surface area contributed by atoms with Crippen LogP contribution in [0.4, 0.5) is 5.69 Å². The lowest BCUT2D eigenvalue weighted by molar-refractivity contribution is 0.601. The predicted octanol–water partition coefficient (Wildman–Crippen LogP) is 4.52. The topological polar surface area (TPSA) is 46.2 Å². The maximum absolute atomic E-state index is 12.3. The van der Waals surface area contributed by atoms with Gasteiger partial charge in [0.1, 0.15) is 0 Å². The van der Waals surface area contributed by atoms with Gasteiger partial charge in [0.25, 0.3) is 10.0 Å². The Morgan fingerprint density at radius 3 is 2.18 bits per heavy atom. The van der Waals surface area contributed by atoms with Crippen molar-refractivity contribution >= 4 is 27.0 Å². The number of nitrogens with one attached hydrogen (secondary N) is 1. The molecule has 0 aliphatic carbocycles. The molecular weight excluding hydrogens is 314 g/mol. The van der Waals surface area contributed by atoms with E-state index in [1.165, 1.54) is 0 Å². The Balaban J connectivity index is 1.82. The molecule has 0 radical (unpaired) electrons. The minimum absolute atomic E-state index is 0.264. The second-order valence-corrected chi connectivity index (χ2v) is 7.60. The van der Waals surface area contributed by atoms with E-state index in [0.29, 0.717) is 5.69 Å². The third-order valence-corrected chi connectivity index (χ3v) is 5.59. The van der Waals surface area contributed by atoms with Gasteiger partial charge in [-0.2, -0.15) is 0 Å². The van der Waals surface area contributed by atoms with E-state index < -0.39 is 10.0 Å². The van der Waals surface area contributed by atoms with Crippen LogP contribution in [-0.4, -0.2) is 8.42 Å². The number of rotatable bonds is 4. The fraction of sp³-hybridized carbons (Fsp3) is 0.0588. The Morgan fingerprint density at radius 1 is 0.909 bits per heavy atom. The minimum Gasteiger partial charge on any atom is -0.280 e. The molecule has 0 atom stereocenters. The van der Waals surface area contributed by atoms with Crippen molar-refractivity contribution in [2.45, 2.75) is 11.8 Å². The molecule has 0 spiro atoms. The molecule has 1 N–H and O–H groups in total. The average molecular weight is 329 g/mol. The molecule has 1 heterocycles. The summed E-state index contributed by atoms with van der Waals surface area (Å²) in [6.07, 6.45) is 0. The second-order valence-electron chi connectivity index (χ2n) is 4.97. The van der Waals surface area contributed by atoms with Gasteiger partial charge >= 0.3 is 0 Å². The molecule has 0 amide bonds. The zero-order valence-corrected chi connectivity index (χ0v) is 13.6. The van der Waals surface area contributed by atoms with Crippen LogP contribution in [0.1, 0.15) is 5.56 Å². The zero-order chi connectivity index (χ0) is 15.6. The van der Waals surface area contributed by atoms with Crippen LogP contribution in [0.3, 0.4) is 0 Å². The molecule has 0 unspecified atom stereocenters. The van der Waals surface area contributed by atoms with Gasteiger partial charge in [0.15, 0.2) is 0 Å². The summed E-state index contributed by atoms with van der Waals surface area (Å²) in [6, 6.07) is 18.2. The smallest absolute Gasteiger partial charge is 0.261 e. The number of benzene rings is 2. The highest BCUT2D eigenvalue weighted by Gasteiger charge is 2.13. The van der Waals surface area contributed by atoms with E-state index in [1.807, 2.05) is 36.6 Å². The normalized spacial score (nSPS) is 11.3. The van der Waals surface area contributed by atoms with Crippen LogP contribution in [0, 0.1) is 6.92 Å². The van der Waals surface area contributed by atoms with Crippen molar-refractivity contribution in [3.8, 4) is 10.4 Å². The summed E-state index contributed by atoms with van der Waals surface area (Å²) in [5, 5.41) is 2.02. The van der Waals surface area contributed by atoms with Gasteiger partial charge in [-0.1, -0.05) is 35.9 Å². The predicted molar refractivity (Wildman–Crippen MR) is 91.7 cm³/mol. The molecule has 1 aromatic heterocycles. The van der Waals surface area contributed by atoms with E-state index in [1.54, 1.807) is 47.7 Å². The SMILES string of the molecule is Cc1ccc(S(=O)(=O)Nc2ccc(-c3cccs3)cc2)cc1. The lowest BCUT2D eigenvalue weighted by Gasteiger charge is -2.09. The summed E-state index contributed by atoms with van der Waals surface area (Å²) in [7, 11) is -3.54. The standard InChI is InChI=1S/C17H15NO2S2/c1-13-4-10-16(11-5-13)22(19,20)18-15-8-6-14(7-9-15)17-3-2-12-21-17/h2-12,18H,1H3. The molecule has 0 aliphatic rings. The highest BCUT2D eigenvalue weighted by molar-refractivity contribution is 7.92. The fourth-order valence-electron chi connectivity index (χ4n) is 2.08. The summed E-state index contributed by atoms with van der Waals surface area (Å²) in [5.74, 6) is 0. The van der Waals surface area contributed by atoms with Gasteiger partial charge in [-0.15, -0.1) is 11.3 Å². The van der Waals surface area contributed by atoms with E-state index in [9.17, 15) is 8.42 Å². The van der Waals surface area contributed by atoms with Crippen molar-refractivity contribution in [2.75, 3.05) is 4.72 Å². The van der Waals surface area contributed by atoms with Gasteiger partial charge < -0.3 is 0 Å².